The van der Waals surface area contributed by atoms with E-state index in [1.54, 1.807) is 18.5 Å². The highest BCUT2D eigenvalue weighted by atomic mass is 16.5. The van der Waals surface area contributed by atoms with E-state index in [4.69, 9.17) is 4.74 Å². The summed E-state index contributed by atoms with van der Waals surface area (Å²) in [5.74, 6) is 0. The summed E-state index contributed by atoms with van der Waals surface area (Å²) in [4.78, 5) is 0. The predicted molar refractivity (Wildman–Crippen MR) is 51.3 cm³/mol. The first-order valence-corrected chi connectivity index (χ1v) is 4.07. The maximum Gasteiger partial charge on any atom is 0.228 e. The Morgan fingerprint density at radius 1 is 1.38 bits per heavy atom. The summed E-state index contributed by atoms with van der Waals surface area (Å²) in [5.41, 5.74) is 1.01. The van der Waals surface area contributed by atoms with Crippen molar-refractivity contribution in [1.82, 2.24) is 5.32 Å². The zero-order chi connectivity index (χ0) is 9.10. The SMILES string of the molecule is COC1NC=NN1c1ccccc1. The van der Waals surface area contributed by atoms with E-state index >= 15 is 0 Å². The van der Waals surface area contributed by atoms with Gasteiger partial charge in [0.25, 0.3) is 0 Å². The molecule has 1 aliphatic heterocycles. The average molecular weight is 177 g/mol. The Kier molecular flexibility index (Phi) is 2.14. The molecule has 1 atom stereocenters. The molecule has 1 aromatic carbocycles. The van der Waals surface area contributed by atoms with Crippen molar-refractivity contribution in [2.75, 3.05) is 12.1 Å². The highest BCUT2D eigenvalue weighted by molar-refractivity contribution is 5.63. The number of hydrogen-bond donors (Lipinski definition) is 1. The summed E-state index contributed by atoms with van der Waals surface area (Å²) >= 11 is 0. The molecule has 1 unspecified atom stereocenters. The Morgan fingerprint density at radius 3 is 2.85 bits per heavy atom. The molecule has 1 heterocycles. The maximum absolute atomic E-state index is 5.17. The molecular weight excluding hydrogens is 166 g/mol. The second-order valence-corrected chi connectivity index (χ2v) is 2.68. The van der Waals surface area contributed by atoms with Crippen LogP contribution in [0.1, 0.15) is 0 Å². The second-order valence-electron chi connectivity index (χ2n) is 2.68. The number of ether oxygens (including phenoxy) is 1. The van der Waals surface area contributed by atoms with Gasteiger partial charge in [-0.15, -0.1) is 0 Å². The van der Waals surface area contributed by atoms with Crippen LogP contribution < -0.4 is 10.3 Å². The monoisotopic (exact) mass is 177 g/mol. The van der Waals surface area contributed by atoms with Crippen molar-refractivity contribution in [2.45, 2.75) is 6.35 Å². The largest absolute Gasteiger partial charge is 0.343 e. The first-order valence-electron chi connectivity index (χ1n) is 4.07. The molecular formula is C9H11N3O. The fourth-order valence-electron chi connectivity index (χ4n) is 1.24. The Hall–Kier alpha value is -1.55. The van der Waals surface area contributed by atoms with Gasteiger partial charge in [-0.25, -0.2) is 5.01 Å². The molecule has 0 aliphatic carbocycles. The number of nitrogens with one attached hydrogen (secondary N) is 1. The van der Waals surface area contributed by atoms with Crippen LogP contribution in [0, 0.1) is 0 Å². The Morgan fingerprint density at radius 2 is 2.15 bits per heavy atom. The first kappa shape index (κ1) is 8.07. The standard InChI is InChI=1S/C9H11N3O/c1-13-9-10-7-11-12(9)8-5-3-2-4-6-8/h2-7,9H,1H3,(H,10,11). The van der Waals surface area contributed by atoms with E-state index in [1.165, 1.54) is 0 Å². The van der Waals surface area contributed by atoms with Gasteiger partial charge in [0.15, 0.2) is 0 Å². The number of benzene rings is 1. The molecule has 0 spiro atoms. The first-order chi connectivity index (χ1) is 6.42. The van der Waals surface area contributed by atoms with Crippen LogP contribution >= 0.6 is 0 Å². The van der Waals surface area contributed by atoms with Gasteiger partial charge in [0, 0.05) is 7.11 Å². The summed E-state index contributed by atoms with van der Waals surface area (Å²) < 4.78 is 5.17. The molecule has 0 fully saturated rings. The summed E-state index contributed by atoms with van der Waals surface area (Å²) in [7, 11) is 1.64. The van der Waals surface area contributed by atoms with E-state index in [9.17, 15) is 0 Å². The van der Waals surface area contributed by atoms with E-state index in [-0.39, 0.29) is 6.35 Å². The van der Waals surface area contributed by atoms with Crippen molar-refractivity contribution in [2.24, 2.45) is 5.10 Å². The number of nitrogens with zero attached hydrogens (tertiary/aromatic N) is 2. The fourth-order valence-corrected chi connectivity index (χ4v) is 1.24. The van der Waals surface area contributed by atoms with Crippen LogP contribution in [0.25, 0.3) is 0 Å². The minimum absolute atomic E-state index is 0.192. The van der Waals surface area contributed by atoms with Gasteiger partial charge in [0.05, 0.1) is 5.69 Å². The van der Waals surface area contributed by atoms with Gasteiger partial charge >= 0.3 is 0 Å². The van der Waals surface area contributed by atoms with Crippen molar-refractivity contribution in [1.29, 1.82) is 0 Å². The molecule has 68 valence electrons. The third-order valence-electron chi connectivity index (χ3n) is 1.87. The Labute approximate surface area is 76.8 Å². The normalized spacial score (nSPS) is 20.4. The lowest BCUT2D eigenvalue weighted by Crippen LogP contribution is -2.37. The van der Waals surface area contributed by atoms with Gasteiger partial charge in [0.2, 0.25) is 6.35 Å². The Balaban J connectivity index is 2.21. The number of rotatable bonds is 2. The molecule has 0 saturated heterocycles. The van der Waals surface area contributed by atoms with Crippen LogP contribution in [0.15, 0.2) is 35.4 Å². The highest BCUT2D eigenvalue weighted by Crippen LogP contribution is 2.17. The van der Waals surface area contributed by atoms with Crippen molar-refractivity contribution in [3.8, 4) is 0 Å². The van der Waals surface area contributed by atoms with Crippen LogP contribution in [-0.2, 0) is 4.74 Å². The summed E-state index contributed by atoms with van der Waals surface area (Å²) in [6, 6.07) is 9.87. The van der Waals surface area contributed by atoms with Crippen molar-refractivity contribution in [3.63, 3.8) is 0 Å². The number of anilines is 1. The molecule has 1 N–H and O–H groups in total. The molecule has 0 saturated carbocycles. The van der Waals surface area contributed by atoms with Crippen LogP contribution in [0.2, 0.25) is 0 Å². The molecule has 0 radical (unpaired) electrons. The van der Waals surface area contributed by atoms with Crippen molar-refractivity contribution >= 4 is 12.0 Å². The van der Waals surface area contributed by atoms with Gasteiger partial charge in [-0.3, -0.25) is 0 Å². The summed E-state index contributed by atoms with van der Waals surface area (Å²) in [5, 5.41) is 8.88. The zero-order valence-electron chi connectivity index (χ0n) is 7.34. The number of hydrazone groups is 1. The molecule has 0 aromatic heterocycles. The van der Waals surface area contributed by atoms with E-state index in [1.807, 2.05) is 30.3 Å². The van der Waals surface area contributed by atoms with Gasteiger partial charge < -0.3 is 10.1 Å². The van der Waals surface area contributed by atoms with Gasteiger partial charge in [0.1, 0.15) is 6.34 Å². The lowest BCUT2D eigenvalue weighted by molar-refractivity contribution is 0.0963. The fraction of sp³-hybridized carbons (Fsp3) is 0.222. The number of methoxy groups -OCH3 is 1. The van der Waals surface area contributed by atoms with Crippen LogP contribution in [0.5, 0.6) is 0 Å². The predicted octanol–water partition coefficient (Wildman–Crippen LogP) is 0.970. The third-order valence-corrected chi connectivity index (χ3v) is 1.87. The van der Waals surface area contributed by atoms with Crippen LogP contribution in [-0.4, -0.2) is 19.8 Å². The molecule has 1 aromatic rings. The van der Waals surface area contributed by atoms with E-state index in [0.717, 1.165) is 5.69 Å². The van der Waals surface area contributed by atoms with E-state index < -0.39 is 0 Å². The summed E-state index contributed by atoms with van der Waals surface area (Å²) in [6.45, 7) is 0. The zero-order valence-corrected chi connectivity index (χ0v) is 7.34. The van der Waals surface area contributed by atoms with Crippen molar-refractivity contribution in [3.05, 3.63) is 30.3 Å². The smallest absolute Gasteiger partial charge is 0.228 e. The van der Waals surface area contributed by atoms with Crippen LogP contribution in [0.4, 0.5) is 5.69 Å². The lowest BCUT2D eigenvalue weighted by Gasteiger charge is -2.21. The van der Waals surface area contributed by atoms with Gasteiger partial charge in [-0.05, 0) is 12.1 Å². The molecule has 0 amide bonds. The molecule has 1 aliphatic rings. The minimum atomic E-state index is -0.192. The Bertz CT molecular complexity index is 299. The molecule has 13 heavy (non-hydrogen) atoms. The maximum atomic E-state index is 5.17. The molecule has 4 heteroatoms. The topological polar surface area (TPSA) is 36.9 Å². The van der Waals surface area contributed by atoms with E-state index in [0.29, 0.717) is 0 Å². The second kappa shape index (κ2) is 3.45. The van der Waals surface area contributed by atoms with Crippen LogP contribution in [0.3, 0.4) is 0 Å². The van der Waals surface area contributed by atoms with E-state index in [2.05, 4.69) is 10.4 Å². The number of hydrogen-bond acceptors (Lipinski definition) is 4. The van der Waals surface area contributed by atoms with Crippen molar-refractivity contribution < 1.29 is 4.74 Å². The molecule has 2 rings (SSSR count). The molecule has 0 bridgehead atoms. The summed E-state index contributed by atoms with van der Waals surface area (Å²) in [6.07, 6.45) is 1.43. The third kappa shape index (κ3) is 1.48. The quantitative estimate of drug-likeness (QED) is 0.731. The average Bonchev–Trinajstić information content (AvgIpc) is 2.67. The van der Waals surface area contributed by atoms with Gasteiger partial charge in [-0.1, -0.05) is 18.2 Å². The highest BCUT2D eigenvalue weighted by Gasteiger charge is 2.20. The van der Waals surface area contributed by atoms with Gasteiger partial charge in [-0.2, -0.15) is 5.10 Å². The number of para-hydroxylation sites is 1. The minimum Gasteiger partial charge on any atom is -0.343 e. The lowest BCUT2D eigenvalue weighted by atomic mass is 10.3. The molecule has 4 nitrogen and oxygen atoms in total.